The van der Waals surface area contributed by atoms with Gasteiger partial charge >= 0.3 is 0 Å². The number of ether oxygens (including phenoxy) is 2. The van der Waals surface area contributed by atoms with Crippen molar-refractivity contribution >= 4 is 15.7 Å². The first kappa shape index (κ1) is 17.2. The summed E-state index contributed by atoms with van der Waals surface area (Å²) in [7, 11) is -4.04. The summed E-state index contributed by atoms with van der Waals surface area (Å²) in [5, 5.41) is 0. The lowest BCUT2D eigenvalue weighted by molar-refractivity contribution is 0.171. The molecule has 0 aromatic heterocycles. The largest absolute Gasteiger partial charge is 0.486 e. The molecular formula is C17H15F2NO4S. The van der Waals surface area contributed by atoms with Crippen molar-refractivity contribution in [3.63, 3.8) is 0 Å². The summed E-state index contributed by atoms with van der Waals surface area (Å²) in [5.41, 5.74) is -0.00584. The zero-order valence-electron chi connectivity index (χ0n) is 13.1. The van der Waals surface area contributed by atoms with Gasteiger partial charge in [-0.3, -0.25) is 4.31 Å². The van der Waals surface area contributed by atoms with Crippen molar-refractivity contribution in [2.75, 3.05) is 24.1 Å². The van der Waals surface area contributed by atoms with Crippen LogP contribution >= 0.6 is 0 Å². The summed E-state index contributed by atoms with van der Waals surface area (Å²) in [6.07, 6.45) is 1.36. The minimum Gasteiger partial charge on any atom is -0.486 e. The number of benzene rings is 2. The smallest absolute Gasteiger partial charge is 0.264 e. The van der Waals surface area contributed by atoms with Gasteiger partial charge in [0, 0.05) is 12.1 Å². The molecule has 3 rings (SSSR count). The summed E-state index contributed by atoms with van der Waals surface area (Å²) in [6, 6.07) is 7.11. The topological polar surface area (TPSA) is 55.8 Å². The number of anilines is 1. The highest BCUT2D eigenvalue weighted by Gasteiger charge is 2.27. The lowest BCUT2D eigenvalue weighted by Gasteiger charge is -2.24. The van der Waals surface area contributed by atoms with Gasteiger partial charge in [0.1, 0.15) is 13.2 Å². The van der Waals surface area contributed by atoms with Crippen molar-refractivity contribution in [3.8, 4) is 11.5 Å². The zero-order chi connectivity index (χ0) is 18.0. The standard InChI is InChI=1S/C17H15F2NO4S/c1-2-7-20(12-3-5-14(18)15(19)10-12)25(21,22)13-4-6-16-17(11-13)24-9-8-23-16/h2-6,10-11H,1,7-9H2. The molecule has 0 atom stereocenters. The summed E-state index contributed by atoms with van der Waals surface area (Å²) in [4.78, 5) is -0.0525. The number of sulfonamides is 1. The molecule has 2 aromatic carbocycles. The molecule has 0 aliphatic carbocycles. The third-order valence-electron chi connectivity index (χ3n) is 3.59. The Morgan fingerprint density at radius 1 is 1.04 bits per heavy atom. The molecule has 8 heteroatoms. The van der Waals surface area contributed by atoms with E-state index in [1.807, 2.05) is 0 Å². The Hall–Kier alpha value is -2.61. The van der Waals surface area contributed by atoms with E-state index in [1.165, 1.54) is 30.3 Å². The minimum atomic E-state index is -4.04. The highest BCUT2D eigenvalue weighted by molar-refractivity contribution is 7.92. The van der Waals surface area contributed by atoms with E-state index in [4.69, 9.17) is 9.47 Å². The highest BCUT2D eigenvalue weighted by Crippen LogP contribution is 2.34. The van der Waals surface area contributed by atoms with Crippen LogP contribution in [-0.2, 0) is 10.0 Å². The molecule has 0 unspecified atom stereocenters. The van der Waals surface area contributed by atoms with E-state index in [0.29, 0.717) is 24.7 Å². The van der Waals surface area contributed by atoms with E-state index < -0.39 is 21.7 Å². The Labute approximate surface area is 144 Å². The minimum absolute atomic E-state index is 0.00584. The maximum atomic E-state index is 13.5. The number of hydrogen-bond acceptors (Lipinski definition) is 4. The van der Waals surface area contributed by atoms with Crippen LogP contribution in [0.4, 0.5) is 14.5 Å². The van der Waals surface area contributed by atoms with Crippen LogP contribution in [0.2, 0.25) is 0 Å². The average molecular weight is 367 g/mol. The molecular weight excluding hydrogens is 352 g/mol. The number of nitrogens with zero attached hydrogens (tertiary/aromatic N) is 1. The van der Waals surface area contributed by atoms with E-state index in [9.17, 15) is 17.2 Å². The second-order valence-corrected chi connectivity index (χ2v) is 7.09. The highest BCUT2D eigenvalue weighted by atomic mass is 32.2. The summed E-state index contributed by atoms with van der Waals surface area (Å²) in [5.74, 6) is -1.42. The molecule has 1 aliphatic heterocycles. The first-order valence-electron chi connectivity index (χ1n) is 7.42. The molecule has 2 aromatic rings. The summed E-state index contributed by atoms with van der Waals surface area (Å²) in [6.45, 7) is 4.12. The van der Waals surface area contributed by atoms with Crippen LogP contribution in [0, 0.1) is 11.6 Å². The van der Waals surface area contributed by atoms with Gasteiger partial charge in [0.2, 0.25) is 0 Å². The third kappa shape index (κ3) is 3.30. The fraction of sp³-hybridized carbons (Fsp3) is 0.176. The number of fused-ring (bicyclic) bond motifs is 1. The molecule has 0 bridgehead atoms. The SMILES string of the molecule is C=CCN(c1ccc(F)c(F)c1)S(=O)(=O)c1ccc2c(c1)OCCO2. The van der Waals surface area contributed by atoms with Crippen molar-refractivity contribution in [1.29, 1.82) is 0 Å². The van der Waals surface area contributed by atoms with Crippen molar-refractivity contribution in [1.82, 2.24) is 0 Å². The fourth-order valence-electron chi connectivity index (χ4n) is 2.41. The lowest BCUT2D eigenvalue weighted by atomic mass is 10.3. The number of halogens is 2. The molecule has 5 nitrogen and oxygen atoms in total. The van der Waals surface area contributed by atoms with Crippen molar-refractivity contribution in [2.24, 2.45) is 0 Å². The van der Waals surface area contributed by atoms with Gasteiger partial charge in [0.15, 0.2) is 23.1 Å². The molecule has 1 aliphatic rings. The van der Waals surface area contributed by atoms with Crippen LogP contribution in [0.1, 0.15) is 0 Å². The van der Waals surface area contributed by atoms with Crippen LogP contribution in [0.3, 0.4) is 0 Å². The molecule has 25 heavy (non-hydrogen) atoms. The van der Waals surface area contributed by atoms with Crippen LogP contribution < -0.4 is 13.8 Å². The molecule has 0 amide bonds. The number of hydrogen-bond donors (Lipinski definition) is 0. The predicted molar refractivity (Wildman–Crippen MR) is 88.5 cm³/mol. The first-order valence-corrected chi connectivity index (χ1v) is 8.86. The van der Waals surface area contributed by atoms with Gasteiger partial charge in [0.25, 0.3) is 10.0 Å². The van der Waals surface area contributed by atoms with Gasteiger partial charge in [-0.25, -0.2) is 17.2 Å². The van der Waals surface area contributed by atoms with E-state index in [1.54, 1.807) is 0 Å². The molecule has 0 saturated heterocycles. The second-order valence-electron chi connectivity index (χ2n) is 5.23. The third-order valence-corrected chi connectivity index (χ3v) is 5.38. The van der Waals surface area contributed by atoms with E-state index >= 15 is 0 Å². The van der Waals surface area contributed by atoms with Crippen LogP contribution in [0.25, 0.3) is 0 Å². The van der Waals surface area contributed by atoms with E-state index in [-0.39, 0.29) is 17.1 Å². The fourth-order valence-corrected chi connectivity index (χ4v) is 3.85. The Balaban J connectivity index is 2.05. The molecule has 0 radical (unpaired) electrons. The van der Waals surface area contributed by atoms with Gasteiger partial charge in [0.05, 0.1) is 17.1 Å². The summed E-state index contributed by atoms with van der Waals surface area (Å²) < 4.78 is 64.4. The first-order chi connectivity index (χ1) is 11.9. The molecule has 1 heterocycles. The maximum absolute atomic E-state index is 13.5. The number of rotatable bonds is 5. The van der Waals surface area contributed by atoms with E-state index in [2.05, 4.69) is 6.58 Å². The van der Waals surface area contributed by atoms with Crippen LogP contribution in [0.5, 0.6) is 11.5 Å². The van der Waals surface area contributed by atoms with Crippen molar-refractivity contribution in [2.45, 2.75) is 4.90 Å². The van der Waals surface area contributed by atoms with E-state index in [0.717, 1.165) is 16.4 Å². The average Bonchev–Trinajstić information content (AvgIpc) is 2.61. The zero-order valence-corrected chi connectivity index (χ0v) is 13.9. The molecule has 0 fully saturated rings. The monoisotopic (exact) mass is 367 g/mol. The molecule has 0 saturated carbocycles. The van der Waals surface area contributed by atoms with Gasteiger partial charge < -0.3 is 9.47 Å². The molecule has 0 spiro atoms. The Morgan fingerprint density at radius 2 is 1.76 bits per heavy atom. The Kier molecular flexibility index (Phi) is 4.63. The Morgan fingerprint density at radius 3 is 2.44 bits per heavy atom. The van der Waals surface area contributed by atoms with Crippen LogP contribution in [-0.4, -0.2) is 28.2 Å². The molecule has 132 valence electrons. The summed E-state index contributed by atoms with van der Waals surface area (Å²) >= 11 is 0. The molecule has 0 N–H and O–H groups in total. The van der Waals surface area contributed by atoms with Crippen LogP contribution in [0.15, 0.2) is 53.9 Å². The maximum Gasteiger partial charge on any atom is 0.264 e. The normalized spacial score (nSPS) is 13.4. The second kappa shape index (κ2) is 6.72. The quantitative estimate of drug-likeness (QED) is 0.762. The Bertz CT molecular complexity index is 915. The predicted octanol–water partition coefficient (Wildman–Crippen LogP) is 3.12. The van der Waals surface area contributed by atoms with Gasteiger partial charge in [-0.05, 0) is 24.3 Å². The van der Waals surface area contributed by atoms with Gasteiger partial charge in [-0.2, -0.15) is 0 Å². The lowest BCUT2D eigenvalue weighted by Crippen LogP contribution is -2.31. The van der Waals surface area contributed by atoms with Gasteiger partial charge in [-0.1, -0.05) is 6.08 Å². The van der Waals surface area contributed by atoms with Crippen molar-refractivity contribution < 1.29 is 26.7 Å². The van der Waals surface area contributed by atoms with Crippen molar-refractivity contribution in [3.05, 3.63) is 60.7 Å². The van der Waals surface area contributed by atoms with Gasteiger partial charge in [-0.15, -0.1) is 6.58 Å².